The molecule has 1 aromatic heterocycles. The first-order chi connectivity index (χ1) is 9.46. The molecular formula is C15H21F3N2O. The number of hydrogen-bond donors (Lipinski definition) is 0. The first-order valence-electron chi connectivity index (χ1n) is 6.72. The van der Waals surface area contributed by atoms with Crippen LogP contribution in [0.15, 0.2) is 18.3 Å². The normalized spacial score (nSPS) is 12.3. The SMILES string of the molecule is Cc1ccc(CC(=O)N(CC(C)(C)C)CC(F)(F)F)cn1. The molecule has 0 aromatic carbocycles. The van der Waals surface area contributed by atoms with Crippen LogP contribution in [0.25, 0.3) is 0 Å². The number of amides is 1. The van der Waals surface area contributed by atoms with Crippen LogP contribution in [0.5, 0.6) is 0 Å². The van der Waals surface area contributed by atoms with Crippen LogP contribution in [0.4, 0.5) is 13.2 Å². The van der Waals surface area contributed by atoms with E-state index in [2.05, 4.69) is 4.98 Å². The summed E-state index contributed by atoms with van der Waals surface area (Å²) in [6.07, 6.45) is -2.94. The van der Waals surface area contributed by atoms with Gasteiger partial charge in [0.05, 0.1) is 6.42 Å². The van der Waals surface area contributed by atoms with E-state index in [0.717, 1.165) is 10.6 Å². The molecule has 0 aliphatic rings. The smallest absolute Gasteiger partial charge is 0.333 e. The second-order valence-corrected chi connectivity index (χ2v) is 6.41. The van der Waals surface area contributed by atoms with Gasteiger partial charge in [0.2, 0.25) is 5.91 Å². The Morgan fingerprint density at radius 3 is 2.24 bits per heavy atom. The summed E-state index contributed by atoms with van der Waals surface area (Å²) >= 11 is 0. The second-order valence-electron chi connectivity index (χ2n) is 6.41. The number of halogens is 3. The first kappa shape index (κ1) is 17.5. The van der Waals surface area contributed by atoms with Gasteiger partial charge in [-0.25, -0.2) is 0 Å². The molecular weight excluding hydrogens is 281 g/mol. The van der Waals surface area contributed by atoms with Gasteiger partial charge in [-0.2, -0.15) is 13.2 Å². The van der Waals surface area contributed by atoms with Gasteiger partial charge in [0.25, 0.3) is 0 Å². The van der Waals surface area contributed by atoms with Crippen molar-refractivity contribution in [2.24, 2.45) is 5.41 Å². The standard InChI is InChI=1S/C15H21F3N2O/c1-11-5-6-12(8-19-11)7-13(21)20(9-14(2,3)4)10-15(16,17)18/h5-6,8H,7,9-10H2,1-4H3. The molecule has 0 unspecified atom stereocenters. The molecule has 0 saturated heterocycles. The lowest BCUT2D eigenvalue weighted by Gasteiger charge is -2.30. The van der Waals surface area contributed by atoms with E-state index in [-0.39, 0.29) is 13.0 Å². The number of pyridine rings is 1. The molecule has 0 atom stereocenters. The molecule has 1 rings (SSSR count). The van der Waals surface area contributed by atoms with Crippen molar-refractivity contribution in [2.45, 2.75) is 40.3 Å². The average Bonchev–Trinajstić information content (AvgIpc) is 2.27. The molecule has 0 saturated carbocycles. The predicted octanol–water partition coefficient (Wildman–Crippen LogP) is 3.37. The van der Waals surface area contributed by atoms with Crippen molar-refractivity contribution in [1.82, 2.24) is 9.88 Å². The van der Waals surface area contributed by atoms with Crippen LogP contribution >= 0.6 is 0 Å². The molecule has 0 bridgehead atoms. The number of aryl methyl sites for hydroxylation is 1. The summed E-state index contributed by atoms with van der Waals surface area (Å²) in [5.74, 6) is -0.534. The highest BCUT2D eigenvalue weighted by Crippen LogP contribution is 2.22. The van der Waals surface area contributed by atoms with Gasteiger partial charge in [-0.1, -0.05) is 26.8 Å². The Labute approximate surface area is 123 Å². The van der Waals surface area contributed by atoms with Crippen molar-refractivity contribution in [3.63, 3.8) is 0 Å². The maximum absolute atomic E-state index is 12.6. The second kappa shape index (κ2) is 6.45. The molecule has 118 valence electrons. The van der Waals surface area contributed by atoms with Gasteiger partial charge < -0.3 is 4.90 Å². The van der Waals surface area contributed by atoms with Crippen molar-refractivity contribution in [2.75, 3.05) is 13.1 Å². The largest absolute Gasteiger partial charge is 0.406 e. The Morgan fingerprint density at radius 1 is 1.19 bits per heavy atom. The highest BCUT2D eigenvalue weighted by Gasteiger charge is 2.34. The van der Waals surface area contributed by atoms with Gasteiger partial charge in [-0.05, 0) is 24.0 Å². The van der Waals surface area contributed by atoms with E-state index in [9.17, 15) is 18.0 Å². The first-order valence-corrected chi connectivity index (χ1v) is 6.72. The summed E-state index contributed by atoms with van der Waals surface area (Å²) < 4.78 is 37.9. The fraction of sp³-hybridized carbons (Fsp3) is 0.600. The van der Waals surface area contributed by atoms with Crippen molar-refractivity contribution < 1.29 is 18.0 Å². The van der Waals surface area contributed by atoms with E-state index in [1.165, 1.54) is 6.20 Å². The fourth-order valence-corrected chi connectivity index (χ4v) is 1.91. The number of aromatic nitrogens is 1. The average molecular weight is 302 g/mol. The third kappa shape index (κ3) is 7.11. The molecule has 1 aromatic rings. The molecule has 0 N–H and O–H groups in total. The third-order valence-corrected chi connectivity index (χ3v) is 2.72. The number of carbonyl (C=O) groups is 1. The summed E-state index contributed by atoms with van der Waals surface area (Å²) in [7, 11) is 0. The third-order valence-electron chi connectivity index (χ3n) is 2.72. The number of rotatable bonds is 4. The van der Waals surface area contributed by atoms with Gasteiger partial charge in [0.1, 0.15) is 6.54 Å². The highest BCUT2D eigenvalue weighted by molar-refractivity contribution is 5.78. The van der Waals surface area contributed by atoms with Crippen molar-refractivity contribution in [3.05, 3.63) is 29.6 Å². The van der Waals surface area contributed by atoms with Crippen LogP contribution in [0.3, 0.4) is 0 Å². The summed E-state index contributed by atoms with van der Waals surface area (Å²) in [5.41, 5.74) is 1.02. The minimum Gasteiger partial charge on any atom is -0.333 e. The lowest BCUT2D eigenvalue weighted by molar-refractivity contribution is -0.163. The molecule has 1 heterocycles. The van der Waals surface area contributed by atoms with E-state index in [1.54, 1.807) is 39.8 Å². The zero-order chi connectivity index (χ0) is 16.3. The van der Waals surface area contributed by atoms with Crippen LogP contribution < -0.4 is 0 Å². The number of nitrogens with zero attached hydrogens (tertiary/aromatic N) is 2. The van der Waals surface area contributed by atoms with Crippen LogP contribution in [0.1, 0.15) is 32.0 Å². The zero-order valence-corrected chi connectivity index (χ0v) is 12.8. The molecule has 6 heteroatoms. The number of hydrogen-bond acceptors (Lipinski definition) is 2. The lowest BCUT2D eigenvalue weighted by atomic mass is 9.95. The molecule has 21 heavy (non-hydrogen) atoms. The summed E-state index contributed by atoms with van der Waals surface area (Å²) in [6, 6.07) is 3.45. The van der Waals surface area contributed by atoms with E-state index in [0.29, 0.717) is 5.56 Å². The van der Waals surface area contributed by atoms with E-state index in [4.69, 9.17) is 0 Å². The Hall–Kier alpha value is -1.59. The molecule has 3 nitrogen and oxygen atoms in total. The summed E-state index contributed by atoms with van der Waals surface area (Å²) in [5, 5.41) is 0. The predicted molar refractivity (Wildman–Crippen MR) is 74.8 cm³/mol. The van der Waals surface area contributed by atoms with E-state index in [1.807, 2.05) is 0 Å². The molecule has 0 radical (unpaired) electrons. The van der Waals surface area contributed by atoms with E-state index >= 15 is 0 Å². The van der Waals surface area contributed by atoms with Crippen LogP contribution in [0.2, 0.25) is 0 Å². The Morgan fingerprint density at radius 2 is 1.81 bits per heavy atom. The molecule has 1 amide bonds. The number of alkyl halides is 3. The number of carbonyl (C=O) groups excluding carboxylic acids is 1. The summed E-state index contributed by atoms with van der Waals surface area (Å²) in [6.45, 7) is 6.06. The zero-order valence-electron chi connectivity index (χ0n) is 12.8. The highest BCUT2D eigenvalue weighted by atomic mass is 19.4. The quantitative estimate of drug-likeness (QED) is 0.854. The molecule has 0 aliphatic carbocycles. The fourth-order valence-electron chi connectivity index (χ4n) is 1.91. The van der Waals surface area contributed by atoms with Gasteiger partial charge in [0, 0.05) is 18.4 Å². The lowest BCUT2D eigenvalue weighted by Crippen LogP contribution is -2.44. The Balaban J connectivity index is 2.81. The van der Waals surface area contributed by atoms with Crippen LogP contribution in [-0.4, -0.2) is 35.1 Å². The Bertz CT molecular complexity index is 459. The topological polar surface area (TPSA) is 33.2 Å². The maximum atomic E-state index is 12.6. The minimum absolute atomic E-state index is 0.0602. The van der Waals surface area contributed by atoms with Crippen LogP contribution in [0, 0.1) is 12.3 Å². The molecule has 0 spiro atoms. The monoisotopic (exact) mass is 302 g/mol. The Kier molecular flexibility index (Phi) is 5.36. The van der Waals surface area contributed by atoms with Gasteiger partial charge in [-0.3, -0.25) is 9.78 Å². The van der Waals surface area contributed by atoms with Gasteiger partial charge in [-0.15, -0.1) is 0 Å². The molecule has 0 aliphatic heterocycles. The van der Waals surface area contributed by atoms with Gasteiger partial charge >= 0.3 is 6.18 Å². The van der Waals surface area contributed by atoms with Crippen molar-refractivity contribution in [3.8, 4) is 0 Å². The van der Waals surface area contributed by atoms with Crippen molar-refractivity contribution >= 4 is 5.91 Å². The summed E-state index contributed by atoms with van der Waals surface area (Å²) in [4.78, 5) is 17.1. The molecule has 0 fully saturated rings. The minimum atomic E-state index is -4.40. The maximum Gasteiger partial charge on any atom is 0.406 e. The van der Waals surface area contributed by atoms with Crippen LogP contribution in [-0.2, 0) is 11.2 Å². The van der Waals surface area contributed by atoms with E-state index < -0.39 is 24.0 Å². The van der Waals surface area contributed by atoms with Gasteiger partial charge in [0.15, 0.2) is 0 Å². The van der Waals surface area contributed by atoms with Crippen molar-refractivity contribution in [1.29, 1.82) is 0 Å².